The van der Waals surface area contributed by atoms with Gasteiger partial charge in [0.15, 0.2) is 0 Å². The lowest BCUT2D eigenvalue weighted by Gasteiger charge is -2.36. The molecular weight excluding hydrogens is 324 g/mol. The summed E-state index contributed by atoms with van der Waals surface area (Å²) in [6, 6.07) is 9.09. The molecular formula is C15H24BrClN2. The molecule has 1 atom stereocenters. The maximum Gasteiger partial charge on any atom is 0.0331 e. The summed E-state index contributed by atoms with van der Waals surface area (Å²) in [6.07, 6.45) is 2.63. The molecule has 1 aromatic carbocycles. The molecule has 1 fully saturated rings. The van der Waals surface area contributed by atoms with Crippen molar-refractivity contribution < 1.29 is 0 Å². The molecule has 19 heavy (non-hydrogen) atoms. The first-order valence-corrected chi connectivity index (χ1v) is 7.64. The van der Waals surface area contributed by atoms with Crippen LogP contribution in [-0.2, 0) is 0 Å². The Bertz CT molecular complexity index is 378. The fourth-order valence-corrected chi connectivity index (χ4v) is 3.46. The second kappa shape index (κ2) is 8.25. The molecule has 1 heterocycles. The van der Waals surface area contributed by atoms with Crippen LogP contribution in [0.25, 0.3) is 0 Å². The number of piperidine rings is 1. The van der Waals surface area contributed by atoms with Gasteiger partial charge in [0.25, 0.3) is 0 Å². The second-order valence-corrected chi connectivity index (χ2v) is 6.09. The Morgan fingerprint density at radius 3 is 2.53 bits per heavy atom. The van der Waals surface area contributed by atoms with Gasteiger partial charge in [0, 0.05) is 10.5 Å². The Hall–Kier alpha value is -0.0900. The normalized spacial score (nSPS) is 18.9. The van der Waals surface area contributed by atoms with Crippen LogP contribution in [0.1, 0.15) is 31.4 Å². The van der Waals surface area contributed by atoms with E-state index < -0.39 is 0 Å². The fraction of sp³-hybridized carbons (Fsp3) is 0.600. The number of hydrogen-bond acceptors (Lipinski definition) is 2. The zero-order valence-corrected chi connectivity index (χ0v) is 14.1. The molecule has 1 saturated heterocycles. The minimum Gasteiger partial charge on any atom is -0.319 e. The third-order valence-corrected chi connectivity index (χ3v) is 4.77. The van der Waals surface area contributed by atoms with Gasteiger partial charge in [0.05, 0.1) is 0 Å². The molecule has 2 nitrogen and oxygen atoms in total. The molecule has 0 radical (unpaired) electrons. The van der Waals surface area contributed by atoms with E-state index in [1.54, 1.807) is 0 Å². The number of rotatable bonds is 4. The highest BCUT2D eigenvalue weighted by Crippen LogP contribution is 2.30. The average Bonchev–Trinajstić information content (AvgIpc) is 2.40. The summed E-state index contributed by atoms with van der Waals surface area (Å²) in [6.45, 7) is 5.92. The second-order valence-electron chi connectivity index (χ2n) is 5.23. The first-order valence-electron chi connectivity index (χ1n) is 6.85. The van der Waals surface area contributed by atoms with Crippen molar-refractivity contribution in [2.75, 3.05) is 26.7 Å². The van der Waals surface area contributed by atoms with Crippen molar-refractivity contribution in [3.63, 3.8) is 0 Å². The van der Waals surface area contributed by atoms with Crippen molar-refractivity contribution in [1.82, 2.24) is 10.2 Å². The van der Waals surface area contributed by atoms with Gasteiger partial charge in [-0.3, -0.25) is 4.90 Å². The maximum atomic E-state index is 3.66. The third kappa shape index (κ3) is 4.45. The van der Waals surface area contributed by atoms with E-state index in [1.807, 2.05) is 0 Å². The number of hydrogen-bond donors (Lipinski definition) is 1. The molecule has 0 aromatic heterocycles. The van der Waals surface area contributed by atoms with E-state index in [4.69, 9.17) is 0 Å². The van der Waals surface area contributed by atoms with Crippen LogP contribution in [0.3, 0.4) is 0 Å². The van der Waals surface area contributed by atoms with Crippen molar-refractivity contribution in [3.05, 3.63) is 34.3 Å². The predicted octanol–water partition coefficient (Wildman–Crippen LogP) is 3.86. The van der Waals surface area contributed by atoms with Crippen LogP contribution in [0.15, 0.2) is 28.7 Å². The number of benzene rings is 1. The van der Waals surface area contributed by atoms with Gasteiger partial charge < -0.3 is 5.32 Å². The fourth-order valence-electron chi connectivity index (χ4n) is 2.84. The van der Waals surface area contributed by atoms with E-state index in [2.05, 4.69) is 64.4 Å². The zero-order valence-electron chi connectivity index (χ0n) is 11.7. The van der Waals surface area contributed by atoms with Gasteiger partial charge in [-0.2, -0.15) is 0 Å². The largest absolute Gasteiger partial charge is 0.319 e. The molecule has 1 aromatic rings. The Balaban J connectivity index is 0.00000180. The summed E-state index contributed by atoms with van der Waals surface area (Å²) in [7, 11) is 2.05. The molecule has 108 valence electrons. The van der Waals surface area contributed by atoms with E-state index in [9.17, 15) is 0 Å². The Morgan fingerprint density at radius 1 is 1.32 bits per heavy atom. The molecule has 1 N–H and O–H groups in total. The number of nitrogens with one attached hydrogen (secondary N) is 1. The summed E-state index contributed by atoms with van der Waals surface area (Å²) in [4.78, 5) is 2.60. The lowest BCUT2D eigenvalue weighted by molar-refractivity contribution is 0.140. The monoisotopic (exact) mass is 346 g/mol. The van der Waals surface area contributed by atoms with Gasteiger partial charge in [-0.25, -0.2) is 0 Å². The quantitative estimate of drug-likeness (QED) is 0.889. The molecule has 1 unspecified atom stereocenters. The molecule has 2 rings (SSSR count). The van der Waals surface area contributed by atoms with E-state index in [1.165, 1.54) is 36.0 Å². The predicted molar refractivity (Wildman–Crippen MR) is 88.0 cm³/mol. The molecule has 0 saturated carbocycles. The molecule has 0 amide bonds. The molecule has 0 bridgehead atoms. The van der Waals surface area contributed by atoms with Crippen LogP contribution >= 0.6 is 28.3 Å². The lowest BCUT2D eigenvalue weighted by atomic mass is 9.94. The van der Waals surface area contributed by atoms with Crippen LogP contribution in [0.5, 0.6) is 0 Å². The summed E-state index contributed by atoms with van der Waals surface area (Å²) < 4.78 is 1.23. The Labute approximate surface area is 131 Å². The summed E-state index contributed by atoms with van der Waals surface area (Å²) in [5.41, 5.74) is 1.41. The van der Waals surface area contributed by atoms with Crippen molar-refractivity contribution >= 4 is 28.3 Å². The molecule has 1 aliphatic heterocycles. The molecule has 1 aliphatic rings. The first kappa shape index (κ1) is 17.0. The first-order chi connectivity index (χ1) is 8.72. The van der Waals surface area contributed by atoms with Crippen molar-refractivity contribution in [1.29, 1.82) is 0 Å². The van der Waals surface area contributed by atoms with E-state index in [0.29, 0.717) is 6.04 Å². The van der Waals surface area contributed by atoms with Gasteiger partial charge in [-0.05, 0) is 64.0 Å². The summed E-state index contributed by atoms with van der Waals surface area (Å²) in [5, 5.41) is 3.30. The lowest BCUT2D eigenvalue weighted by Crippen LogP contribution is -2.38. The smallest absolute Gasteiger partial charge is 0.0331 e. The highest BCUT2D eigenvalue weighted by molar-refractivity contribution is 9.10. The molecule has 0 spiro atoms. The van der Waals surface area contributed by atoms with Gasteiger partial charge in [-0.15, -0.1) is 12.4 Å². The Kier molecular flexibility index (Phi) is 7.37. The van der Waals surface area contributed by atoms with Gasteiger partial charge in [0.2, 0.25) is 0 Å². The highest BCUT2D eigenvalue weighted by Gasteiger charge is 2.23. The SMILES string of the molecule is CNCC1CCN(C(C)c2ccccc2Br)CC1.Cl. The number of likely N-dealkylation sites (tertiary alicyclic amines) is 1. The zero-order chi connectivity index (χ0) is 13.0. The van der Waals surface area contributed by atoms with E-state index >= 15 is 0 Å². The maximum absolute atomic E-state index is 3.66. The van der Waals surface area contributed by atoms with Crippen molar-refractivity contribution in [3.8, 4) is 0 Å². The van der Waals surface area contributed by atoms with E-state index in [0.717, 1.165) is 12.5 Å². The third-order valence-electron chi connectivity index (χ3n) is 4.04. The van der Waals surface area contributed by atoms with Crippen LogP contribution in [0.2, 0.25) is 0 Å². The average molecular weight is 348 g/mol. The minimum atomic E-state index is 0. The Morgan fingerprint density at radius 2 is 1.95 bits per heavy atom. The molecule has 0 aliphatic carbocycles. The van der Waals surface area contributed by atoms with Crippen LogP contribution < -0.4 is 5.32 Å². The van der Waals surface area contributed by atoms with Gasteiger partial charge in [-0.1, -0.05) is 34.1 Å². The summed E-state index contributed by atoms with van der Waals surface area (Å²) >= 11 is 3.66. The number of halogens is 2. The van der Waals surface area contributed by atoms with Gasteiger partial charge >= 0.3 is 0 Å². The van der Waals surface area contributed by atoms with Crippen LogP contribution in [0, 0.1) is 5.92 Å². The number of nitrogens with zero attached hydrogens (tertiary/aromatic N) is 1. The van der Waals surface area contributed by atoms with Crippen molar-refractivity contribution in [2.45, 2.75) is 25.8 Å². The van der Waals surface area contributed by atoms with Gasteiger partial charge in [0.1, 0.15) is 0 Å². The molecule has 4 heteroatoms. The highest BCUT2D eigenvalue weighted by atomic mass is 79.9. The van der Waals surface area contributed by atoms with E-state index in [-0.39, 0.29) is 12.4 Å². The summed E-state index contributed by atoms with van der Waals surface area (Å²) in [5.74, 6) is 0.859. The van der Waals surface area contributed by atoms with Crippen LogP contribution in [0.4, 0.5) is 0 Å². The standard InChI is InChI=1S/C15H23BrN2.ClH/c1-12(14-5-3-4-6-15(14)16)18-9-7-13(8-10-18)11-17-2;/h3-6,12-13,17H,7-11H2,1-2H3;1H. The topological polar surface area (TPSA) is 15.3 Å². The van der Waals surface area contributed by atoms with Crippen molar-refractivity contribution in [2.24, 2.45) is 5.92 Å². The minimum absolute atomic E-state index is 0. The van der Waals surface area contributed by atoms with Crippen LogP contribution in [-0.4, -0.2) is 31.6 Å².